The van der Waals surface area contributed by atoms with Crippen molar-refractivity contribution < 1.29 is 23.7 Å². The maximum Gasteiger partial charge on any atom is 0.341 e. The average molecular weight is 404 g/mol. The molecule has 7 heteroatoms. The Morgan fingerprint density at radius 2 is 1.79 bits per heavy atom. The van der Waals surface area contributed by atoms with Gasteiger partial charge in [-0.25, -0.2) is 9.79 Å². The highest BCUT2D eigenvalue weighted by Crippen LogP contribution is 2.41. The molecule has 0 atom stereocenters. The molecule has 2 aromatic rings. The van der Waals surface area contributed by atoms with Gasteiger partial charge in [-0.05, 0) is 50.3 Å². The summed E-state index contributed by atoms with van der Waals surface area (Å²) in [6.45, 7) is 2.16. The lowest BCUT2D eigenvalue weighted by Crippen LogP contribution is -2.09. The van der Waals surface area contributed by atoms with Crippen molar-refractivity contribution in [2.75, 3.05) is 27.9 Å². The van der Waals surface area contributed by atoms with E-state index in [0.29, 0.717) is 34.4 Å². The number of aliphatic imine (C=N–C) groups is 1. The van der Waals surface area contributed by atoms with Gasteiger partial charge in [0.25, 0.3) is 0 Å². The molecule has 0 bridgehead atoms. The van der Waals surface area contributed by atoms with E-state index in [1.807, 2.05) is 19.1 Å². The van der Waals surface area contributed by atoms with Crippen LogP contribution in [-0.4, -0.2) is 40.1 Å². The second-order valence-corrected chi connectivity index (χ2v) is 7.41. The monoisotopic (exact) mass is 403 g/mol. The van der Waals surface area contributed by atoms with Crippen LogP contribution in [0.1, 0.15) is 46.1 Å². The van der Waals surface area contributed by atoms with Crippen LogP contribution >= 0.6 is 11.3 Å². The predicted molar refractivity (Wildman–Crippen MR) is 110 cm³/mol. The third-order valence-corrected chi connectivity index (χ3v) is 5.85. The Morgan fingerprint density at radius 3 is 2.39 bits per heavy atom. The summed E-state index contributed by atoms with van der Waals surface area (Å²) in [5, 5.41) is 0.694. The third kappa shape index (κ3) is 3.99. The number of fused-ring (bicyclic) bond motifs is 1. The number of methoxy groups -OCH3 is 3. The normalized spacial score (nSPS) is 13.3. The van der Waals surface area contributed by atoms with Crippen LogP contribution < -0.4 is 14.2 Å². The predicted octanol–water partition coefficient (Wildman–Crippen LogP) is 4.58. The van der Waals surface area contributed by atoms with Gasteiger partial charge in [-0.1, -0.05) is 0 Å². The van der Waals surface area contributed by atoms with Crippen molar-refractivity contribution in [1.82, 2.24) is 0 Å². The van der Waals surface area contributed by atoms with Crippen LogP contribution in [0, 0.1) is 0 Å². The molecule has 28 heavy (non-hydrogen) atoms. The lowest BCUT2D eigenvalue weighted by molar-refractivity contribution is 0.0526. The molecule has 0 saturated carbocycles. The summed E-state index contributed by atoms with van der Waals surface area (Å²) in [6, 6.07) is 3.64. The maximum absolute atomic E-state index is 12.5. The van der Waals surface area contributed by atoms with Gasteiger partial charge in [0.1, 0.15) is 5.00 Å². The molecule has 3 rings (SSSR count). The van der Waals surface area contributed by atoms with E-state index >= 15 is 0 Å². The minimum atomic E-state index is -0.293. The molecule has 1 aromatic carbocycles. The van der Waals surface area contributed by atoms with Gasteiger partial charge in [-0.2, -0.15) is 0 Å². The largest absolute Gasteiger partial charge is 0.493 e. The summed E-state index contributed by atoms with van der Waals surface area (Å²) >= 11 is 1.58. The van der Waals surface area contributed by atoms with Gasteiger partial charge in [0, 0.05) is 16.7 Å². The van der Waals surface area contributed by atoms with E-state index in [1.54, 1.807) is 38.9 Å². The topological polar surface area (TPSA) is 66.4 Å². The summed E-state index contributed by atoms with van der Waals surface area (Å²) in [5.74, 6) is 1.35. The number of hydrogen-bond donors (Lipinski definition) is 0. The molecule has 1 heterocycles. The third-order valence-electron chi connectivity index (χ3n) is 4.65. The standard InChI is InChI=1S/C21H25NO5S/c1-5-27-21(23)18-14-8-6-7-9-17(14)28-20(18)22-12-13-10-15(24-2)19(26-4)16(11-13)25-3/h10-12H,5-9H2,1-4H3/b22-12+. The van der Waals surface area contributed by atoms with E-state index in [1.165, 1.54) is 4.88 Å². The summed E-state index contributed by atoms with van der Waals surface area (Å²) in [6.07, 6.45) is 5.84. The van der Waals surface area contributed by atoms with Crippen LogP contribution in [0.3, 0.4) is 0 Å². The molecule has 1 aromatic heterocycles. The van der Waals surface area contributed by atoms with Crippen molar-refractivity contribution in [3.63, 3.8) is 0 Å². The molecule has 0 spiro atoms. The fourth-order valence-corrected chi connectivity index (χ4v) is 4.59. The number of ether oxygens (including phenoxy) is 4. The summed E-state index contributed by atoms with van der Waals surface area (Å²) in [4.78, 5) is 18.4. The molecule has 1 aliphatic rings. The Hall–Kier alpha value is -2.54. The smallest absolute Gasteiger partial charge is 0.341 e. The maximum atomic E-state index is 12.5. The summed E-state index contributed by atoms with van der Waals surface area (Å²) in [7, 11) is 4.71. The van der Waals surface area contributed by atoms with Gasteiger partial charge in [0.2, 0.25) is 5.75 Å². The zero-order valence-corrected chi connectivity index (χ0v) is 17.5. The molecule has 150 valence electrons. The number of carbonyl (C=O) groups is 1. The molecule has 6 nitrogen and oxygen atoms in total. The number of aryl methyl sites for hydroxylation is 1. The first-order valence-electron chi connectivity index (χ1n) is 9.28. The van der Waals surface area contributed by atoms with Crippen LogP contribution in [0.2, 0.25) is 0 Å². The fourth-order valence-electron chi connectivity index (χ4n) is 3.37. The van der Waals surface area contributed by atoms with E-state index < -0.39 is 0 Å². The molecule has 0 amide bonds. The van der Waals surface area contributed by atoms with Crippen LogP contribution in [0.25, 0.3) is 0 Å². The Bertz CT molecular complexity index is 862. The Kier molecular flexibility index (Phi) is 6.57. The highest BCUT2D eigenvalue weighted by molar-refractivity contribution is 7.16. The lowest BCUT2D eigenvalue weighted by Gasteiger charge is -2.12. The number of hydrogen-bond acceptors (Lipinski definition) is 7. The zero-order valence-electron chi connectivity index (χ0n) is 16.7. The van der Waals surface area contributed by atoms with Crippen molar-refractivity contribution in [1.29, 1.82) is 0 Å². The van der Waals surface area contributed by atoms with Crippen LogP contribution in [0.5, 0.6) is 17.2 Å². The van der Waals surface area contributed by atoms with Crippen LogP contribution in [-0.2, 0) is 17.6 Å². The molecular weight excluding hydrogens is 378 g/mol. The van der Waals surface area contributed by atoms with E-state index in [0.717, 1.165) is 36.8 Å². The first-order valence-corrected chi connectivity index (χ1v) is 10.1. The van der Waals surface area contributed by atoms with Crippen molar-refractivity contribution in [2.24, 2.45) is 4.99 Å². The number of benzene rings is 1. The van der Waals surface area contributed by atoms with E-state index in [9.17, 15) is 4.79 Å². The van der Waals surface area contributed by atoms with E-state index in [2.05, 4.69) is 4.99 Å². The number of esters is 1. The minimum absolute atomic E-state index is 0.293. The fraction of sp³-hybridized carbons (Fsp3) is 0.429. The first kappa shape index (κ1) is 20.2. The number of rotatable bonds is 7. The quantitative estimate of drug-likeness (QED) is 0.500. The van der Waals surface area contributed by atoms with Gasteiger partial charge >= 0.3 is 5.97 Å². The van der Waals surface area contributed by atoms with E-state index in [4.69, 9.17) is 18.9 Å². The SMILES string of the molecule is CCOC(=O)c1c(/N=C/c2cc(OC)c(OC)c(OC)c2)sc2c1CCCC2. The van der Waals surface area contributed by atoms with Crippen LogP contribution in [0.15, 0.2) is 17.1 Å². The molecular formula is C21H25NO5S. The Morgan fingerprint density at radius 1 is 1.11 bits per heavy atom. The molecule has 0 fully saturated rings. The molecule has 1 aliphatic carbocycles. The Labute approximate surface area is 169 Å². The second kappa shape index (κ2) is 9.10. The molecule has 0 unspecified atom stereocenters. The lowest BCUT2D eigenvalue weighted by atomic mass is 9.95. The average Bonchev–Trinajstić information content (AvgIpc) is 3.09. The summed E-state index contributed by atoms with van der Waals surface area (Å²) < 4.78 is 21.4. The van der Waals surface area contributed by atoms with Crippen molar-refractivity contribution in [2.45, 2.75) is 32.6 Å². The van der Waals surface area contributed by atoms with Gasteiger partial charge < -0.3 is 18.9 Å². The van der Waals surface area contributed by atoms with Crippen molar-refractivity contribution in [3.05, 3.63) is 33.7 Å². The first-order chi connectivity index (χ1) is 13.6. The van der Waals surface area contributed by atoms with Crippen LogP contribution in [0.4, 0.5) is 5.00 Å². The molecule has 0 radical (unpaired) electrons. The van der Waals surface area contributed by atoms with Gasteiger partial charge in [-0.15, -0.1) is 11.3 Å². The highest BCUT2D eigenvalue weighted by Gasteiger charge is 2.26. The minimum Gasteiger partial charge on any atom is -0.493 e. The van der Waals surface area contributed by atoms with Gasteiger partial charge in [0.15, 0.2) is 11.5 Å². The molecule has 0 aliphatic heterocycles. The highest BCUT2D eigenvalue weighted by atomic mass is 32.1. The Balaban J connectivity index is 2.00. The van der Waals surface area contributed by atoms with Gasteiger partial charge in [0.05, 0.1) is 33.5 Å². The van der Waals surface area contributed by atoms with Gasteiger partial charge in [-0.3, -0.25) is 0 Å². The number of carbonyl (C=O) groups excluding carboxylic acids is 1. The van der Waals surface area contributed by atoms with Crippen molar-refractivity contribution in [3.8, 4) is 17.2 Å². The summed E-state index contributed by atoms with van der Waals surface area (Å²) in [5.41, 5.74) is 2.51. The van der Waals surface area contributed by atoms with Crippen molar-refractivity contribution >= 4 is 28.5 Å². The van der Waals surface area contributed by atoms with E-state index in [-0.39, 0.29) is 5.97 Å². The number of nitrogens with zero attached hydrogens (tertiary/aromatic N) is 1. The molecule has 0 saturated heterocycles. The second-order valence-electron chi connectivity index (χ2n) is 6.33. The molecule has 0 N–H and O–H groups in total. The number of thiophene rings is 1. The zero-order chi connectivity index (χ0) is 20.1.